The average Bonchev–Trinajstić information content (AvgIpc) is 2.63. The summed E-state index contributed by atoms with van der Waals surface area (Å²) in [4.78, 5) is 2.45. The topological polar surface area (TPSA) is 3.24 Å². The minimum atomic E-state index is -0.113. The summed E-state index contributed by atoms with van der Waals surface area (Å²) in [5.74, 6) is 0.412. The Morgan fingerprint density at radius 3 is 2.71 bits per heavy atom. The van der Waals surface area contributed by atoms with Gasteiger partial charge in [-0.15, -0.1) is 0 Å². The van der Waals surface area contributed by atoms with Gasteiger partial charge in [0.2, 0.25) is 0 Å². The van der Waals surface area contributed by atoms with Crippen molar-refractivity contribution in [3.63, 3.8) is 0 Å². The molecule has 1 unspecified atom stereocenters. The first-order valence-corrected chi connectivity index (χ1v) is 8.36. The van der Waals surface area contributed by atoms with Crippen molar-refractivity contribution in [2.24, 2.45) is 0 Å². The highest BCUT2D eigenvalue weighted by Gasteiger charge is 2.17. The SMILES string of the molecule is CCN(CC)CCCC1=CCCC(C)c2ccc(F)cc21. The summed E-state index contributed by atoms with van der Waals surface area (Å²) in [7, 11) is 0. The maximum Gasteiger partial charge on any atom is 0.123 e. The van der Waals surface area contributed by atoms with E-state index in [4.69, 9.17) is 0 Å². The number of hydrogen-bond acceptors (Lipinski definition) is 1. The van der Waals surface area contributed by atoms with E-state index in [0.717, 1.165) is 50.9 Å². The fourth-order valence-electron chi connectivity index (χ4n) is 3.28. The van der Waals surface area contributed by atoms with Crippen molar-refractivity contribution >= 4 is 5.57 Å². The fourth-order valence-corrected chi connectivity index (χ4v) is 3.28. The Hall–Kier alpha value is -1.15. The molecular weight excluding hydrogens is 261 g/mol. The number of benzene rings is 1. The summed E-state index contributed by atoms with van der Waals surface area (Å²) >= 11 is 0. The number of allylic oxidation sites excluding steroid dienone is 2. The van der Waals surface area contributed by atoms with Crippen LogP contribution in [0.1, 0.15) is 63.5 Å². The van der Waals surface area contributed by atoms with Gasteiger partial charge in [0.1, 0.15) is 5.82 Å². The summed E-state index contributed by atoms with van der Waals surface area (Å²) < 4.78 is 13.7. The summed E-state index contributed by atoms with van der Waals surface area (Å²) in [6.45, 7) is 10.0. The second-order valence-corrected chi connectivity index (χ2v) is 6.07. The molecular formula is C19H28FN. The lowest BCUT2D eigenvalue weighted by Crippen LogP contribution is -2.23. The Balaban J connectivity index is 2.11. The minimum Gasteiger partial charge on any atom is -0.304 e. The molecule has 116 valence electrons. The number of nitrogens with zero attached hydrogens (tertiary/aromatic N) is 1. The minimum absolute atomic E-state index is 0.113. The first-order valence-electron chi connectivity index (χ1n) is 8.36. The van der Waals surface area contributed by atoms with Crippen LogP contribution in [0.2, 0.25) is 0 Å². The van der Waals surface area contributed by atoms with E-state index < -0.39 is 0 Å². The quantitative estimate of drug-likeness (QED) is 0.693. The molecule has 1 atom stereocenters. The van der Waals surface area contributed by atoms with Crippen molar-refractivity contribution in [2.45, 2.75) is 52.4 Å². The molecule has 0 N–H and O–H groups in total. The van der Waals surface area contributed by atoms with Gasteiger partial charge in [-0.25, -0.2) is 4.39 Å². The van der Waals surface area contributed by atoms with Gasteiger partial charge in [-0.3, -0.25) is 0 Å². The van der Waals surface area contributed by atoms with Crippen molar-refractivity contribution in [3.8, 4) is 0 Å². The number of hydrogen-bond donors (Lipinski definition) is 0. The Bertz CT molecular complexity index is 488. The van der Waals surface area contributed by atoms with Gasteiger partial charge in [-0.1, -0.05) is 32.9 Å². The molecule has 0 amide bonds. The first-order chi connectivity index (χ1) is 10.2. The lowest BCUT2D eigenvalue weighted by atomic mass is 9.90. The third-order valence-corrected chi connectivity index (χ3v) is 4.70. The summed E-state index contributed by atoms with van der Waals surface area (Å²) in [6, 6.07) is 5.33. The lowest BCUT2D eigenvalue weighted by molar-refractivity contribution is 0.301. The number of halogens is 1. The zero-order valence-corrected chi connectivity index (χ0v) is 13.7. The van der Waals surface area contributed by atoms with Crippen LogP contribution in [0.4, 0.5) is 4.39 Å². The predicted molar refractivity (Wildman–Crippen MR) is 89.0 cm³/mol. The third kappa shape index (κ3) is 4.16. The van der Waals surface area contributed by atoms with Crippen molar-refractivity contribution in [1.82, 2.24) is 4.90 Å². The molecule has 2 heteroatoms. The van der Waals surface area contributed by atoms with Gasteiger partial charge in [0.25, 0.3) is 0 Å². The highest BCUT2D eigenvalue weighted by molar-refractivity contribution is 5.69. The molecule has 0 heterocycles. The molecule has 0 aliphatic heterocycles. The molecule has 2 rings (SSSR count). The lowest BCUT2D eigenvalue weighted by Gasteiger charge is -2.19. The molecule has 0 aromatic heterocycles. The van der Waals surface area contributed by atoms with Crippen molar-refractivity contribution < 1.29 is 4.39 Å². The van der Waals surface area contributed by atoms with Crippen LogP contribution in [0.3, 0.4) is 0 Å². The smallest absolute Gasteiger partial charge is 0.123 e. The van der Waals surface area contributed by atoms with Crippen molar-refractivity contribution in [2.75, 3.05) is 19.6 Å². The molecule has 0 saturated carbocycles. The van der Waals surface area contributed by atoms with E-state index >= 15 is 0 Å². The molecule has 0 bridgehead atoms. The van der Waals surface area contributed by atoms with Gasteiger partial charge >= 0.3 is 0 Å². The van der Waals surface area contributed by atoms with Crippen LogP contribution in [0.25, 0.3) is 5.57 Å². The molecule has 0 radical (unpaired) electrons. The standard InChI is InChI=1S/C19H28FN/c1-4-21(5-2)13-7-10-16-9-6-8-15(3)18-12-11-17(20)14-19(16)18/h9,11-12,14-15H,4-8,10,13H2,1-3H3. The fraction of sp³-hybridized carbons (Fsp3) is 0.579. The molecule has 1 aromatic rings. The third-order valence-electron chi connectivity index (χ3n) is 4.70. The maximum atomic E-state index is 13.7. The highest BCUT2D eigenvalue weighted by atomic mass is 19.1. The predicted octanol–water partition coefficient (Wildman–Crippen LogP) is 5.23. The molecule has 1 nitrogen and oxygen atoms in total. The Morgan fingerprint density at radius 2 is 2.00 bits per heavy atom. The van der Waals surface area contributed by atoms with Crippen LogP contribution < -0.4 is 0 Å². The molecule has 1 aliphatic carbocycles. The van der Waals surface area contributed by atoms with Gasteiger partial charge in [0.15, 0.2) is 0 Å². The van der Waals surface area contributed by atoms with E-state index in [1.165, 1.54) is 11.1 Å². The van der Waals surface area contributed by atoms with Crippen LogP contribution in [0.5, 0.6) is 0 Å². The van der Waals surface area contributed by atoms with Gasteiger partial charge in [-0.05, 0) is 80.1 Å². The Morgan fingerprint density at radius 1 is 1.24 bits per heavy atom. The number of rotatable bonds is 6. The van der Waals surface area contributed by atoms with E-state index in [2.05, 4.69) is 31.7 Å². The zero-order valence-electron chi connectivity index (χ0n) is 13.7. The molecule has 0 saturated heterocycles. The molecule has 1 aromatic carbocycles. The Labute approximate surface area is 128 Å². The second kappa shape index (κ2) is 7.74. The summed E-state index contributed by atoms with van der Waals surface area (Å²) in [5.41, 5.74) is 3.82. The highest BCUT2D eigenvalue weighted by Crippen LogP contribution is 2.35. The molecule has 1 aliphatic rings. The van der Waals surface area contributed by atoms with E-state index in [1.807, 2.05) is 6.07 Å². The summed E-state index contributed by atoms with van der Waals surface area (Å²) in [5, 5.41) is 0. The van der Waals surface area contributed by atoms with Gasteiger partial charge in [0.05, 0.1) is 0 Å². The normalized spacial score (nSPS) is 18.3. The monoisotopic (exact) mass is 289 g/mol. The van der Waals surface area contributed by atoms with Crippen molar-refractivity contribution in [1.29, 1.82) is 0 Å². The van der Waals surface area contributed by atoms with Crippen LogP contribution >= 0.6 is 0 Å². The van der Waals surface area contributed by atoms with E-state index in [0.29, 0.717) is 5.92 Å². The molecule has 0 fully saturated rings. The van der Waals surface area contributed by atoms with Gasteiger partial charge in [-0.2, -0.15) is 0 Å². The van der Waals surface area contributed by atoms with Gasteiger partial charge < -0.3 is 4.90 Å². The van der Waals surface area contributed by atoms with Gasteiger partial charge in [0, 0.05) is 0 Å². The number of fused-ring (bicyclic) bond motifs is 1. The summed E-state index contributed by atoms with van der Waals surface area (Å²) in [6.07, 6.45) is 6.82. The largest absolute Gasteiger partial charge is 0.304 e. The first kappa shape index (κ1) is 16.2. The maximum absolute atomic E-state index is 13.7. The van der Waals surface area contributed by atoms with E-state index in [1.54, 1.807) is 12.1 Å². The van der Waals surface area contributed by atoms with Crippen LogP contribution in [-0.2, 0) is 0 Å². The van der Waals surface area contributed by atoms with Crippen LogP contribution in [0.15, 0.2) is 24.3 Å². The molecule has 0 spiro atoms. The van der Waals surface area contributed by atoms with Crippen LogP contribution in [-0.4, -0.2) is 24.5 Å². The van der Waals surface area contributed by atoms with Crippen molar-refractivity contribution in [3.05, 3.63) is 41.2 Å². The molecule has 21 heavy (non-hydrogen) atoms. The second-order valence-electron chi connectivity index (χ2n) is 6.07. The average molecular weight is 289 g/mol. The van der Waals surface area contributed by atoms with E-state index in [9.17, 15) is 4.39 Å². The zero-order chi connectivity index (χ0) is 15.2. The van der Waals surface area contributed by atoms with Crippen LogP contribution in [0, 0.1) is 5.82 Å². The Kier molecular flexibility index (Phi) is 5.98. The van der Waals surface area contributed by atoms with E-state index in [-0.39, 0.29) is 5.82 Å².